The van der Waals surface area contributed by atoms with Gasteiger partial charge in [-0.15, -0.1) is 11.3 Å². The summed E-state index contributed by atoms with van der Waals surface area (Å²) < 4.78 is 2.75. The summed E-state index contributed by atoms with van der Waals surface area (Å²) in [4.78, 5) is 21.2. The molecule has 2 aromatic carbocycles. The Labute approximate surface area is 161 Å². The van der Waals surface area contributed by atoms with Crippen molar-refractivity contribution in [2.75, 3.05) is 13.1 Å². The van der Waals surface area contributed by atoms with Crippen molar-refractivity contribution in [2.24, 2.45) is 0 Å². The van der Waals surface area contributed by atoms with Gasteiger partial charge < -0.3 is 4.98 Å². The number of piperidine rings is 1. The standard InChI is InChI=1S/C22H21N3OS/c26-21-11-19(23-14-24-21)15-6-4-10-25(12-15)13-16-5-3-8-18-17-7-1-2-9-20(17)27-22(16)18/h1-3,5,7-9,11,14-15H,4,6,10,12-13H2,(H,23,24,26). The summed E-state index contributed by atoms with van der Waals surface area (Å²) in [5.74, 6) is 0.336. The Hall–Kier alpha value is -2.50. The maximum Gasteiger partial charge on any atom is 0.250 e. The van der Waals surface area contributed by atoms with E-state index in [-0.39, 0.29) is 5.56 Å². The fourth-order valence-electron chi connectivity index (χ4n) is 4.22. The van der Waals surface area contributed by atoms with Crippen LogP contribution in [-0.4, -0.2) is 28.0 Å². The number of aromatic nitrogens is 2. The second kappa shape index (κ2) is 6.91. The lowest BCUT2D eigenvalue weighted by Gasteiger charge is -2.32. The van der Waals surface area contributed by atoms with E-state index in [1.165, 1.54) is 32.1 Å². The molecule has 1 aliphatic rings. The van der Waals surface area contributed by atoms with Gasteiger partial charge in [-0.05, 0) is 31.0 Å². The van der Waals surface area contributed by atoms with Gasteiger partial charge in [0.15, 0.2) is 0 Å². The van der Waals surface area contributed by atoms with Crippen LogP contribution in [0.15, 0.2) is 59.7 Å². The number of hydrogen-bond donors (Lipinski definition) is 1. The van der Waals surface area contributed by atoms with Crippen molar-refractivity contribution in [3.05, 3.63) is 76.5 Å². The van der Waals surface area contributed by atoms with Gasteiger partial charge in [-0.3, -0.25) is 9.69 Å². The van der Waals surface area contributed by atoms with Crippen LogP contribution in [0.1, 0.15) is 30.0 Å². The monoisotopic (exact) mass is 375 g/mol. The van der Waals surface area contributed by atoms with Gasteiger partial charge in [-0.25, -0.2) is 4.98 Å². The molecule has 1 atom stereocenters. The molecule has 2 aromatic heterocycles. The minimum Gasteiger partial charge on any atom is -0.313 e. The highest BCUT2D eigenvalue weighted by Gasteiger charge is 2.23. The smallest absolute Gasteiger partial charge is 0.250 e. The zero-order valence-corrected chi connectivity index (χ0v) is 15.8. The number of rotatable bonds is 3. The average molecular weight is 375 g/mol. The first-order valence-corrected chi connectivity index (χ1v) is 10.3. The van der Waals surface area contributed by atoms with E-state index in [4.69, 9.17) is 0 Å². The molecule has 27 heavy (non-hydrogen) atoms. The zero-order chi connectivity index (χ0) is 18.2. The molecule has 0 spiro atoms. The minimum absolute atomic E-state index is 0.0628. The van der Waals surface area contributed by atoms with Crippen molar-refractivity contribution in [1.82, 2.24) is 14.9 Å². The molecule has 1 aliphatic heterocycles. The Morgan fingerprint density at radius 3 is 2.96 bits per heavy atom. The third kappa shape index (κ3) is 3.17. The fourth-order valence-corrected chi connectivity index (χ4v) is 5.42. The highest BCUT2D eigenvalue weighted by molar-refractivity contribution is 7.26. The van der Waals surface area contributed by atoms with Crippen LogP contribution < -0.4 is 5.56 Å². The maximum absolute atomic E-state index is 11.6. The molecule has 1 fully saturated rings. The summed E-state index contributed by atoms with van der Waals surface area (Å²) in [6, 6.07) is 17.0. The van der Waals surface area contributed by atoms with Gasteiger partial charge in [-0.1, -0.05) is 36.4 Å². The Kier molecular flexibility index (Phi) is 4.26. The highest BCUT2D eigenvalue weighted by atomic mass is 32.1. The average Bonchev–Trinajstić information content (AvgIpc) is 3.08. The molecule has 4 nitrogen and oxygen atoms in total. The maximum atomic E-state index is 11.6. The predicted molar refractivity (Wildman–Crippen MR) is 111 cm³/mol. The summed E-state index contributed by atoms with van der Waals surface area (Å²) in [5, 5.41) is 2.71. The van der Waals surface area contributed by atoms with Crippen LogP contribution in [0.4, 0.5) is 0 Å². The van der Waals surface area contributed by atoms with Crippen molar-refractivity contribution in [2.45, 2.75) is 25.3 Å². The van der Waals surface area contributed by atoms with Gasteiger partial charge >= 0.3 is 0 Å². The first kappa shape index (κ1) is 16.7. The van der Waals surface area contributed by atoms with Gasteiger partial charge in [0.1, 0.15) is 0 Å². The number of hydrogen-bond acceptors (Lipinski definition) is 4. The topological polar surface area (TPSA) is 49.0 Å². The number of thiophene rings is 1. The van der Waals surface area contributed by atoms with Crippen LogP contribution in [-0.2, 0) is 6.54 Å². The van der Waals surface area contributed by atoms with Gasteiger partial charge in [-0.2, -0.15) is 0 Å². The normalized spacial score (nSPS) is 18.3. The third-order valence-electron chi connectivity index (χ3n) is 5.50. The molecule has 1 saturated heterocycles. The zero-order valence-electron chi connectivity index (χ0n) is 15.0. The summed E-state index contributed by atoms with van der Waals surface area (Å²) in [6.07, 6.45) is 3.76. The van der Waals surface area contributed by atoms with Gasteiger partial charge in [0.25, 0.3) is 5.56 Å². The lowest BCUT2D eigenvalue weighted by molar-refractivity contribution is 0.199. The van der Waals surface area contributed by atoms with E-state index in [0.717, 1.165) is 38.2 Å². The van der Waals surface area contributed by atoms with Gasteiger partial charge in [0, 0.05) is 45.2 Å². The number of nitrogens with zero attached hydrogens (tertiary/aromatic N) is 2. The van der Waals surface area contributed by atoms with Crippen LogP contribution in [0.3, 0.4) is 0 Å². The summed E-state index contributed by atoms with van der Waals surface area (Å²) >= 11 is 1.89. The SMILES string of the molecule is O=c1cc(C2CCCN(Cc3cccc4c3sc3ccccc34)C2)nc[nH]1. The van der Waals surface area contributed by atoms with E-state index in [1.807, 2.05) is 11.3 Å². The molecule has 4 aromatic rings. The number of aromatic amines is 1. The number of H-pyrrole nitrogens is 1. The molecule has 0 bridgehead atoms. The molecular weight excluding hydrogens is 354 g/mol. The largest absolute Gasteiger partial charge is 0.313 e. The third-order valence-corrected chi connectivity index (χ3v) is 6.77. The molecule has 3 heterocycles. The van der Waals surface area contributed by atoms with E-state index < -0.39 is 0 Å². The quantitative estimate of drug-likeness (QED) is 0.573. The van der Waals surface area contributed by atoms with Crippen LogP contribution >= 0.6 is 11.3 Å². The molecule has 0 saturated carbocycles. The number of likely N-dealkylation sites (tertiary alicyclic amines) is 1. The predicted octanol–water partition coefficient (Wildman–Crippen LogP) is 4.52. The van der Waals surface area contributed by atoms with Crippen molar-refractivity contribution in [3.8, 4) is 0 Å². The Morgan fingerprint density at radius 1 is 1.15 bits per heavy atom. The van der Waals surface area contributed by atoms with Crippen LogP contribution in [0.2, 0.25) is 0 Å². The van der Waals surface area contributed by atoms with E-state index in [9.17, 15) is 4.79 Å². The summed E-state index contributed by atoms with van der Waals surface area (Å²) in [6.45, 7) is 3.00. The Bertz CT molecular complexity index is 1160. The summed E-state index contributed by atoms with van der Waals surface area (Å²) in [7, 11) is 0. The lowest BCUT2D eigenvalue weighted by Crippen LogP contribution is -2.34. The van der Waals surface area contributed by atoms with Crippen LogP contribution in [0, 0.1) is 0 Å². The minimum atomic E-state index is -0.0628. The molecule has 1 N–H and O–H groups in total. The molecule has 5 rings (SSSR count). The van der Waals surface area contributed by atoms with E-state index >= 15 is 0 Å². The molecule has 0 aliphatic carbocycles. The van der Waals surface area contributed by atoms with Crippen LogP contribution in [0.5, 0.6) is 0 Å². The van der Waals surface area contributed by atoms with Gasteiger partial charge in [0.2, 0.25) is 0 Å². The first-order valence-electron chi connectivity index (χ1n) is 9.44. The number of nitrogens with one attached hydrogen (secondary N) is 1. The van der Waals surface area contributed by atoms with E-state index in [2.05, 4.69) is 57.3 Å². The fraction of sp³-hybridized carbons (Fsp3) is 0.273. The molecule has 1 unspecified atom stereocenters. The Morgan fingerprint density at radius 2 is 2.04 bits per heavy atom. The molecule has 0 radical (unpaired) electrons. The lowest BCUT2D eigenvalue weighted by atomic mass is 9.94. The molecular formula is C22H21N3OS. The summed E-state index contributed by atoms with van der Waals surface area (Å²) in [5.41, 5.74) is 2.25. The molecule has 5 heteroatoms. The van der Waals surface area contributed by atoms with Crippen molar-refractivity contribution in [1.29, 1.82) is 0 Å². The van der Waals surface area contributed by atoms with Crippen molar-refractivity contribution >= 4 is 31.5 Å². The van der Waals surface area contributed by atoms with E-state index in [0.29, 0.717) is 5.92 Å². The Balaban J connectivity index is 1.44. The van der Waals surface area contributed by atoms with E-state index in [1.54, 1.807) is 6.07 Å². The second-order valence-corrected chi connectivity index (χ2v) is 8.35. The number of fused-ring (bicyclic) bond motifs is 3. The van der Waals surface area contributed by atoms with Crippen molar-refractivity contribution in [3.63, 3.8) is 0 Å². The second-order valence-electron chi connectivity index (χ2n) is 7.30. The highest BCUT2D eigenvalue weighted by Crippen LogP contribution is 2.36. The molecule has 136 valence electrons. The number of benzene rings is 2. The van der Waals surface area contributed by atoms with Crippen molar-refractivity contribution < 1.29 is 0 Å². The van der Waals surface area contributed by atoms with Gasteiger partial charge in [0.05, 0.1) is 12.0 Å². The van der Waals surface area contributed by atoms with Crippen LogP contribution in [0.25, 0.3) is 20.2 Å². The first-order chi connectivity index (χ1) is 13.3. The molecule has 0 amide bonds.